The lowest BCUT2D eigenvalue weighted by molar-refractivity contribution is -0.472. The van der Waals surface area contributed by atoms with Crippen molar-refractivity contribution in [3.63, 3.8) is 0 Å². The maximum absolute atomic E-state index is 5.73. The van der Waals surface area contributed by atoms with E-state index in [1.54, 1.807) is 0 Å². The van der Waals surface area contributed by atoms with E-state index in [0.717, 1.165) is 32.7 Å². The highest BCUT2D eigenvalue weighted by Gasteiger charge is 2.51. The fourth-order valence-electron chi connectivity index (χ4n) is 2.02. The van der Waals surface area contributed by atoms with Crippen molar-refractivity contribution in [2.24, 2.45) is 11.3 Å². The number of hydrogen-bond donors (Lipinski definition) is 0. The second kappa shape index (κ2) is 3.47. The van der Waals surface area contributed by atoms with Gasteiger partial charge in [-0.05, 0) is 12.3 Å². The van der Waals surface area contributed by atoms with Gasteiger partial charge in [-0.3, -0.25) is 0 Å². The Morgan fingerprint density at radius 3 is 1.93 bits per heavy atom. The average Bonchev–Trinajstić information content (AvgIpc) is 2.19. The fraction of sp³-hybridized carbons (Fsp3) is 1.00. The molecule has 0 amide bonds. The highest BCUT2D eigenvalue weighted by Crippen LogP contribution is 2.42. The van der Waals surface area contributed by atoms with Gasteiger partial charge in [-0.1, -0.05) is 20.8 Å². The largest absolute Gasteiger partial charge is 0.327 e. The molecule has 0 saturated carbocycles. The summed E-state index contributed by atoms with van der Waals surface area (Å²) in [6.45, 7) is 8.84. The summed E-state index contributed by atoms with van der Waals surface area (Å²) in [5.74, 6) is -0.187. The van der Waals surface area contributed by atoms with E-state index < -0.39 is 5.97 Å². The number of rotatable bonds is 3. The molecule has 3 heterocycles. The average molecular weight is 200 g/mol. The van der Waals surface area contributed by atoms with E-state index >= 15 is 0 Å². The summed E-state index contributed by atoms with van der Waals surface area (Å²) in [5, 5.41) is 0. The molecule has 0 aromatic heterocycles. The van der Waals surface area contributed by atoms with Gasteiger partial charge in [-0.25, -0.2) is 0 Å². The Bertz CT molecular complexity index is 188. The van der Waals surface area contributed by atoms with Gasteiger partial charge < -0.3 is 14.2 Å². The molecule has 3 heteroatoms. The summed E-state index contributed by atoms with van der Waals surface area (Å²) in [4.78, 5) is 0. The Hall–Kier alpha value is -0.120. The molecule has 3 fully saturated rings. The molecule has 82 valence electrons. The van der Waals surface area contributed by atoms with Crippen LogP contribution in [0.3, 0.4) is 0 Å². The van der Waals surface area contributed by atoms with Crippen molar-refractivity contribution in [3.05, 3.63) is 0 Å². The molecule has 2 bridgehead atoms. The third-order valence-corrected chi connectivity index (χ3v) is 3.20. The highest BCUT2D eigenvalue weighted by molar-refractivity contribution is 4.87. The Morgan fingerprint density at radius 1 is 1.07 bits per heavy atom. The number of hydrogen-bond acceptors (Lipinski definition) is 3. The first-order valence-corrected chi connectivity index (χ1v) is 5.52. The summed E-state index contributed by atoms with van der Waals surface area (Å²) in [5.41, 5.74) is 0.124. The molecule has 3 nitrogen and oxygen atoms in total. The number of fused-ring (bicyclic) bond motifs is 3. The van der Waals surface area contributed by atoms with E-state index in [-0.39, 0.29) is 5.41 Å². The predicted octanol–water partition coefficient (Wildman–Crippen LogP) is 2.16. The van der Waals surface area contributed by atoms with Crippen molar-refractivity contribution >= 4 is 0 Å². The molecule has 3 aliphatic rings. The first-order chi connectivity index (χ1) is 6.60. The van der Waals surface area contributed by atoms with E-state index in [2.05, 4.69) is 20.8 Å². The zero-order chi connectivity index (χ0) is 10.2. The van der Waals surface area contributed by atoms with Crippen LogP contribution in [-0.4, -0.2) is 25.8 Å². The second-order valence-corrected chi connectivity index (χ2v) is 5.00. The van der Waals surface area contributed by atoms with Gasteiger partial charge in [0, 0.05) is 11.8 Å². The molecule has 3 rings (SSSR count). The lowest BCUT2D eigenvalue weighted by Gasteiger charge is -2.52. The Balaban J connectivity index is 2.01. The molecule has 0 N–H and O–H groups in total. The summed E-state index contributed by atoms with van der Waals surface area (Å²) >= 11 is 0. The molecule has 14 heavy (non-hydrogen) atoms. The van der Waals surface area contributed by atoms with Gasteiger partial charge in [0.25, 0.3) is 5.97 Å². The summed E-state index contributed by atoms with van der Waals surface area (Å²) in [6, 6.07) is 0. The molecule has 3 aliphatic heterocycles. The van der Waals surface area contributed by atoms with Crippen LogP contribution in [0.2, 0.25) is 0 Å². The van der Waals surface area contributed by atoms with Crippen molar-refractivity contribution in [1.29, 1.82) is 0 Å². The second-order valence-electron chi connectivity index (χ2n) is 5.00. The van der Waals surface area contributed by atoms with Crippen LogP contribution in [0.15, 0.2) is 0 Å². The smallest absolute Gasteiger partial charge is 0.283 e. The molecule has 0 aliphatic carbocycles. The van der Waals surface area contributed by atoms with Gasteiger partial charge in [0.05, 0.1) is 19.8 Å². The van der Waals surface area contributed by atoms with Gasteiger partial charge in [0.15, 0.2) is 0 Å². The van der Waals surface area contributed by atoms with Crippen molar-refractivity contribution in [2.75, 3.05) is 19.8 Å². The van der Waals surface area contributed by atoms with E-state index in [0.29, 0.717) is 5.92 Å². The van der Waals surface area contributed by atoms with Gasteiger partial charge >= 0.3 is 0 Å². The van der Waals surface area contributed by atoms with E-state index in [9.17, 15) is 0 Å². The molecule has 0 atom stereocenters. The van der Waals surface area contributed by atoms with Crippen LogP contribution in [0, 0.1) is 11.3 Å². The maximum atomic E-state index is 5.73. The minimum Gasteiger partial charge on any atom is -0.327 e. The summed E-state index contributed by atoms with van der Waals surface area (Å²) in [7, 11) is 0. The Kier molecular flexibility index (Phi) is 2.58. The van der Waals surface area contributed by atoms with Crippen LogP contribution >= 0.6 is 0 Å². The minimum atomic E-state index is -0.717. The normalized spacial score (nSPS) is 42.0. The first kappa shape index (κ1) is 10.4. The summed E-state index contributed by atoms with van der Waals surface area (Å²) < 4.78 is 17.2. The van der Waals surface area contributed by atoms with Crippen molar-refractivity contribution < 1.29 is 14.2 Å². The standard InChI is InChI=1S/C11H20O3/c1-4-10-6-12-11(13-7-10,14-8-10)5-9(2)3/h9H,4-8H2,1-3H3. The van der Waals surface area contributed by atoms with E-state index in [1.165, 1.54) is 0 Å². The highest BCUT2D eigenvalue weighted by atomic mass is 16.9. The third-order valence-electron chi connectivity index (χ3n) is 3.20. The first-order valence-electron chi connectivity index (χ1n) is 5.52. The molecule has 0 spiro atoms. The Morgan fingerprint density at radius 2 is 1.57 bits per heavy atom. The SMILES string of the molecule is CCC12COC(CC(C)C)(OC1)OC2. The van der Waals surface area contributed by atoms with Crippen molar-refractivity contribution in [1.82, 2.24) is 0 Å². The van der Waals surface area contributed by atoms with Crippen molar-refractivity contribution in [2.45, 2.75) is 39.6 Å². The Labute approximate surface area is 85.7 Å². The van der Waals surface area contributed by atoms with Crippen molar-refractivity contribution in [3.8, 4) is 0 Å². The molecule has 0 aromatic rings. The fourth-order valence-corrected chi connectivity index (χ4v) is 2.02. The van der Waals surface area contributed by atoms with Crippen LogP contribution in [0.4, 0.5) is 0 Å². The third kappa shape index (κ3) is 1.69. The van der Waals surface area contributed by atoms with Gasteiger partial charge in [-0.2, -0.15) is 0 Å². The molecule has 0 unspecified atom stereocenters. The van der Waals surface area contributed by atoms with E-state index in [4.69, 9.17) is 14.2 Å². The minimum absolute atomic E-state index is 0.124. The van der Waals surface area contributed by atoms with Crippen LogP contribution in [-0.2, 0) is 14.2 Å². The van der Waals surface area contributed by atoms with Gasteiger partial charge in [-0.15, -0.1) is 0 Å². The quantitative estimate of drug-likeness (QED) is 0.698. The van der Waals surface area contributed by atoms with E-state index in [1.807, 2.05) is 0 Å². The zero-order valence-corrected chi connectivity index (χ0v) is 9.34. The molecular weight excluding hydrogens is 180 g/mol. The van der Waals surface area contributed by atoms with Crippen LogP contribution in [0.1, 0.15) is 33.6 Å². The molecule has 0 aromatic carbocycles. The predicted molar refractivity (Wildman–Crippen MR) is 52.8 cm³/mol. The van der Waals surface area contributed by atoms with Gasteiger partial charge in [0.1, 0.15) is 0 Å². The summed E-state index contributed by atoms with van der Waals surface area (Å²) in [6.07, 6.45) is 1.89. The molecule has 3 saturated heterocycles. The molecular formula is C11H20O3. The van der Waals surface area contributed by atoms with Crippen LogP contribution < -0.4 is 0 Å². The lowest BCUT2D eigenvalue weighted by Crippen LogP contribution is -2.60. The number of ether oxygens (including phenoxy) is 3. The zero-order valence-electron chi connectivity index (χ0n) is 9.34. The topological polar surface area (TPSA) is 27.7 Å². The molecule has 0 radical (unpaired) electrons. The van der Waals surface area contributed by atoms with Crippen LogP contribution in [0.25, 0.3) is 0 Å². The lowest BCUT2D eigenvalue weighted by atomic mass is 9.85. The van der Waals surface area contributed by atoms with Crippen LogP contribution in [0.5, 0.6) is 0 Å². The monoisotopic (exact) mass is 200 g/mol. The maximum Gasteiger partial charge on any atom is 0.283 e. The van der Waals surface area contributed by atoms with Gasteiger partial charge in [0.2, 0.25) is 0 Å².